The first-order valence-corrected chi connectivity index (χ1v) is 7.15. The van der Waals surface area contributed by atoms with Gasteiger partial charge in [0.1, 0.15) is 12.7 Å². The predicted molar refractivity (Wildman–Crippen MR) is 77.1 cm³/mol. The standard InChI is InChI=1S/C16H26O4/c1-7-15(4,5)16(6,9-11(2)3)14(18)20-12-8-13(17)19-10-12/h9,12H,7-8,10H2,1-6H3. The van der Waals surface area contributed by atoms with Gasteiger partial charge in [0.2, 0.25) is 0 Å². The second-order valence-electron chi connectivity index (χ2n) is 6.58. The quantitative estimate of drug-likeness (QED) is 0.573. The van der Waals surface area contributed by atoms with Crippen LogP contribution in [0.5, 0.6) is 0 Å². The van der Waals surface area contributed by atoms with Crippen molar-refractivity contribution in [3.63, 3.8) is 0 Å². The van der Waals surface area contributed by atoms with Gasteiger partial charge in [-0.15, -0.1) is 0 Å². The fourth-order valence-corrected chi connectivity index (χ4v) is 2.31. The summed E-state index contributed by atoms with van der Waals surface area (Å²) in [5, 5.41) is 0. The van der Waals surface area contributed by atoms with E-state index < -0.39 is 11.5 Å². The topological polar surface area (TPSA) is 52.6 Å². The van der Waals surface area contributed by atoms with Crippen LogP contribution in [0.25, 0.3) is 0 Å². The summed E-state index contributed by atoms with van der Waals surface area (Å²) < 4.78 is 10.3. The summed E-state index contributed by atoms with van der Waals surface area (Å²) in [7, 11) is 0. The number of rotatable bonds is 5. The maximum Gasteiger partial charge on any atom is 0.316 e. The van der Waals surface area contributed by atoms with Crippen LogP contribution in [0.3, 0.4) is 0 Å². The van der Waals surface area contributed by atoms with Gasteiger partial charge in [-0.1, -0.05) is 32.4 Å². The molecule has 1 aliphatic rings. The molecule has 4 nitrogen and oxygen atoms in total. The molecule has 20 heavy (non-hydrogen) atoms. The Kier molecular flexibility index (Phi) is 5.00. The van der Waals surface area contributed by atoms with Gasteiger partial charge in [0.05, 0.1) is 11.8 Å². The highest BCUT2D eigenvalue weighted by Crippen LogP contribution is 2.44. The molecular formula is C16H26O4. The molecule has 4 heteroatoms. The number of carbonyl (C=O) groups excluding carboxylic acids is 2. The Morgan fingerprint density at radius 1 is 1.40 bits per heavy atom. The van der Waals surface area contributed by atoms with Gasteiger partial charge in [-0.25, -0.2) is 0 Å². The van der Waals surface area contributed by atoms with E-state index in [2.05, 4.69) is 20.8 Å². The SMILES string of the molecule is CCC(C)(C)C(C)(C=C(C)C)C(=O)OC1COC(=O)C1. The van der Waals surface area contributed by atoms with Crippen LogP contribution in [-0.2, 0) is 19.1 Å². The fourth-order valence-electron chi connectivity index (χ4n) is 2.31. The predicted octanol–water partition coefficient (Wildman–Crippen LogP) is 3.25. The lowest BCUT2D eigenvalue weighted by molar-refractivity contribution is -0.164. The lowest BCUT2D eigenvalue weighted by atomic mass is 9.64. The lowest BCUT2D eigenvalue weighted by Crippen LogP contribution is -2.43. The molecular weight excluding hydrogens is 256 g/mol. The van der Waals surface area contributed by atoms with E-state index >= 15 is 0 Å². The molecule has 0 aromatic carbocycles. The van der Waals surface area contributed by atoms with Gasteiger partial charge in [-0.3, -0.25) is 9.59 Å². The maximum atomic E-state index is 12.6. The normalized spacial score (nSPS) is 21.9. The Bertz CT molecular complexity index is 418. The van der Waals surface area contributed by atoms with E-state index in [0.29, 0.717) is 0 Å². The molecule has 2 unspecified atom stereocenters. The Morgan fingerprint density at radius 2 is 2.00 bits per heavy atom. The average Bonchev–Trinajstić information content (AvgIpc) is 2.73. The lowest BCUT2D eigenvalue weighted by Gasteiger charge is -2.40. The van der Waals surface area contributed by atoms with E-state index in [0.717, 1.165) is 12.0 Å². The first-order valence-electron chi connectivity index (χ1n) is 7.15. The third-order valence-corrected chi connectivity index (χ3v) is 4.39. The highest BCUT2D eigenvalue weighted by Gasteiger charge is 2.47. The zero-order valence-electron chi connectivity index (χ0n) is 13.4. The van der Waals surface area contributed by atoms with Gasteiger partial charge in [-0.05, 0) is 32.6 Å². The molecule has 1 rings (SSSR count). The summed E-state index contributed by atoms with van der Waals surface area (Å²) in [4.78, 5) is 23.7. The highest BCUT2D eigenvalue weighted by molar-refractivity contribution is 5.81. The van der Waals surface area contributed by atoms with E-state index in [9.17, 15) is 9.59 Å². The Balaban J connectivity index is 2.96. The van der Waals surface area contributed by atoms with E-state index in [1.54, 1.807) is 0 Å². The third kappa shape index (κ3) is 3.41. The Morgan fingerprint density at radius 3 is 2.40 bits per heavy atom. The molecule has 0 spiro atoms. The van der Waals surface area contributed by atoms with E-state index in [1.165, 1.54) is 0 Å². The number of esters is 2. The van der Waals surface area contributed by atoms with Crippen molar-refractivity contribution >= 4 is 11.9 Å². The monoisotopic (exact) mass is 282 g/mol. The molecule has 1 fully saturated rings. The summed E-state index contributed by atoms with van der Waals surface area (Å²) in [6, 6.07) is 0. The van der Waals surface area contributed by atoms with Gasteiger partial charge < -0.3 is 9.47 Å². The van der Waals surface area contributed by atoms with Crippen LogP contribution in [0.4, 0.5) is 0 Å². The minimum absolute atomic E-state index is 0.156. The second kappa shape index (κ2) is 5.98. The molecule has 1 heterocycles. The molecule has 0 saturated carbocycles. The molecule has 1 aliphatic heterocycles. The fraction of sp³-hybridized carbons (Fsp3) is 0.750. The molecule has 114 valence electrons. The van der Waals surface area contributed by atoms with Crippen LogP contribution in [0.2, 0.25) is 0 Å². The van der Waals surface area contributed by atoms with Crippen molar-refractivity contribution < 1.29 is 19.1 Å². The van der Waals surface area contributed by atoms with Crippen molar-refractivity contribution in [2.24, 2.45) is 10.8 Å². The molecule has 1 saturated heterocycles. The number of hydrogen-bond acceptors (Lipinski definition) is 4. The van der Waals surface area contributed by atoms with Gasteiger partial charge in [0.25, 0.3) is 0 Å². The third-order valence-electron chi connectivity index (χ3n) is 4.39. The summed E-state index contributed by atoms with van der Waals surface area (Å²) >= 11 is 0. The number of hydrogen-bond donors (Lipinski definition) is 0. The van der Waals surface area contributed by atoms with Crippen LogP contribution in [0.15, 0.2) is 11.6 Å². The van der Waals surface area contributed by atoms with Crippen LogP contribution in [0, 0.1) is 10.8 Å². The molecule has 0 aliphatic carbocycles. The second-order valence-corrected chi connectivity index (χ2v) is 6.58. The smallest absolute Gasteiger partial charge is 0.316 e. The van der Waals surface area contributed by atoms with Gasteiger partial charge in [0, 0.05) is 0 Å². The minimum Gasteiger partial charge on any atom is -0.462 e. The minimum atomic E-state index is -0.716. The number of ether oxygens (including phenoxy) is 2. The number of carbonyl (C=O) groups is 2. The van der Waals surface area contributed by atoms with E-state index in [-0.39, 0.29) is 30.4 Å². The molecule has 0 bridgehead atoms. The average molecular weight is 282 g/mol. The van der Waals surface area contributed by atoms with Crippen molar-refractivity contribution in [3.8, 4) is 0 Å². The molecule has 0 radical (unpaired) electrons. The van der Waals surface area contributed by atoms with Gasteiger partial charge >= 0.3 is 11.9 Å². The van der Waals surface area contributed by atoms with Crippen molar-refractivity contribution in [1.29, 1.82) is 0 Å². The number of cyclic esters (lactones) is 1. The van der Waals surface area contributed by atoms with Crippen LogP contribution < -0.4 is 0 Å². The van der Waals surface area contributed by atoms with Crippen molar-refractivity contribution in [2.75, 3.05) is 6.61 Å². The molecule has 0 aromatic heterocycles. The van der Waals surface area contributed by atoms with E-state index in [1.807, 2.05) is 26.8 Å². The van der Waals surface area contributed by atoms with Gasteiger partial charge in [0.15, 0.2) is 0 Å². The summed E-state index contributed by atoms with van der Waals surface area (Å²) in [5.74, 6) is -0.588. The molecule has 0 aromatic rings. The summed E-state index contributed by atoms with van der Waals surface area (Å²) in [6.07, 6.45) is 2.52. The van der Waals surface area contributed by atoms with E-state index in [4.69, 9.17) is 9.47 Å². The molecule has 2 atom stereocenters. The Labute approximate surface area is 121 Å². The highest BCUT2D eigenvalue weighted by atomic mass is 16.6. The van der Waals surface area contributed by atoms with Crippen molar-refractivity contribution in [1.82, 2.24) is 0 Å². The van der Waals surface area contributed by atoms with Crippen molar-refractivity contribution in [2.45, 2.75) is 60.5 Å². The zero-order chi connectivity index (χ0) is 15.6. The largest absolute Gasteiger partial charge is 0.462 e. The van der Waals surface area contributed by atoms with Gasteiger partial charge in [-0.2, -0.15) is 0 Å². The zero-order valence-corrected chi connectivity index (χ0v) is 13.4. The number of allylic oxidation sites excluding steroid dienone is 1. The van der Waals surface area contributed by atoms with Crippen LogP contribution in [-0.4, -0.2) is 24.6 Å². The molecule has 0 N–H and O–H groups in total. The van der Waals surface area contributed by atoms with Crippen molar-refractivity contribution in [3.05, 3.63) is 11.6 Å². The Hall–Kier alpha value is -1.32. The first-order chi connectivity index (χ1) is 9.12. The molecule has 0 amide bonds. The maximum absolute atomic E-state index is 12.6. The summed E-state index contributed by atoms with van der Waals surface area (Å²) in [5.41, 5.74) is 0.126. The van der Waals surface area contributed by atoms with Crippen LogP contribution >= 0.6 is 0 Å². The summed E-state index contributed by atoms with van der Waals surface area (Å²) in [6.45, 7) is 12.2. The first kappa shape index (κ1) is 16.7. The van der Waals surface area contributed by atoms with Crippen LogP contribution in [0.1, 0.15) is 54.4 Å².